The molecule has 4 rings (SSSR count). The van der Waals surface area contributed by atoms with Gasteiger partial charge in [0.25, 0.3) is 0 Å². The molecule has 0 bridgehead atoms. The molecular weight excluding hydrogens is 426 g/mol. The quantitative estimate of drug-likeness (QED) is 0.462. The van der Waals surface area contributed by atoms with Gasteiger partial charge in [0.1, 0.15) is 5.75 Å². The van der Waals surface area contributed by atoms with Crippen LogP contribution in [-0.4, -0.2) is 43.1 Å². The number of esters is 1. The van der Waals surface area contributed by atoms with Crippen LogP contribution in [-0.2, 0) is 27.2 Å². The summed E-state index contributed by atoms with van der Waals surface area (Å²) in [6, 6.07) is 18.1. The average molecular weight is 464 g/mol. The molecule has 2 aromatic carbocycles. The Morgan fingerprint density at radius 3 is 2.26 bits per heavy atom. The van der Waals surface area contributed by atoms with Crippen LogP contribution >= 0.6 is 0 Å². The van der Waals surface area contributed by atoms with Crippen molar-refractivity contribution >= 4 is 11.9 Å². The van der Waals surface area contributed by atoms with Crippen molar-refractivity contribution in [1.29, 1.82) is 0 Å². The van der Waals surface area contributed by atoms with Crippen LogP contribution in [0.4, 0.5) is 0 Å². The summed E-state index contributed by atoms with van der Waals surface area (Å²) in [5, 5.41) is 0. The maximum Gasteiger partial charge on any atom is 0.309 e. The van der Waals surface area contributed by atoms with Crippen LogP contribution in [0.2, 0.25) is 0 Å². The van der Waals surface area contributed by atoms with Gasteiger partial charge in [0, 0.05) is 25.9 Å². The highest BCUT2D eigenvalue weighted by molar-refractivity contribution is 5.83. The molecule has 3 atom stereocenters. The number of benzene rings is 2. The van der Waals surface area contributed by atoms with Crippen LogP contribution in [0.5, 0.6) is 5.75 Å². The summed E-state index contributed by atoms with van der Waals surface area (Å²) in [5.74, 6) is 1.45. The lowest BCUT2D eigenvalue weighted by Gasteiger charge is -2.22. The second-order valence-corrected chi connectivity index (χ2v) is 9.69. The third-order valence-corrected chi connectivity index (χ3v) is 7.28. The summed E-state index contributed by atoms with van der Waals surface area (Å²) < 4.78 is 11.2. The van der Waals surface area contributed by atoms with Gasteiger partial charge >= 0.3 is 5.97 Å². The zero-order valence-corrected chi connectivity index (χ0v) is 20.3. The number of rotatable bonds is 10. The van der Waals surface area contributed by atoms with Crippen molar-refractivity contribution in [3.05, 3.63) is 65.7 Å². The number of carbonyl (C=O) groups is 2. The van der Waals surface area contributed by atoms with Crippen LogP contribution in [0.15, 0.2) is 54.6 Å². The fourth-order valence-corrected chi connectivity index (χ4v) is 5.39. The lowest BCUT2D eigenvalue weighted by atomic mass is 9.82. The molecule has 34 heavy (non-hydrogen) atoms. The van der Waals surface area contributed by atoms with E-state index in [1.807, 2.05) is 54.3 Å². The van der Waals surface area contributed by atoms with Crippen molar-refractivity contribution in [3.8, 4) is 5.75 Å². The smallest absolute Gasteiger partial charge is 0.309 e. The number of hydrogen-bond donors (Lipinski definition) is 0. The summed E-state index contributed by atoms with van der Waals surface area (Å²) in [4.78, 5) is 27.8. The minimum atomic E-state index is -0.458. The van der Waals surface area contributed by atoms with E-state index in [4.69, 9.17) is 9.47 Å². The van der Waals surface area contributed by atoms with Crippen molar-refractivity contribution in [1.82, 2.24) is 4.90 Å². The second kappa shape index (κ2) is 12.0. The zero-order chi connectivity index (χ0) is 23.8. The zero-order valence-electron chi connectivity index (χ0n) is 20.3. The maximum atomic E-state index is 13.1. The van der Waals surface area contributed by atoms with E-state index in [1.54, 1.807) is 0 Å². The maximum absolute atomic E-state index is 13.1. The Morgan fingerprint density at radius 1 is 0.941 bits per heavy atom. The van der Waals surface area contributed by atoms with Crippen molar-refractivity contribution in [2.24, 2.45) is 17.8 Å². The summed E-state index contributed by atoms with van der Waals surface area (Å²) in [6.45, 7) is 4.46. The van der Waals surface area contributed by atoms with Crippen LogP contribution in [0.3, 0.4) is 0 Å². The standard InChI is InChI=1S/C29H37NO4/c1-2-33-29(32)26(19-28(31)30-20-24-10-6-7-11-25(24)21-30)18-23-12-14-27(15-13-23)34-17-16-22-8-4-3-5-9-22/h3-5,8-9,12-15,24-26H,2,6-7,10-11,16-21H2,1H3/t24-,25+,26?. The monoisotopic (exact) mass is 463 g/mol. The SMILES string of the molecule is CCOC(=O)C(CC(=O)N1C[C@H]2CCCC[C@H]2C1)Cc1ccc(OCCc2ccccc2)cc1. The Balaban J connectivity index is 1.31. The molecular formula is C29H37NO4. The normalized spacial score (nSPS) is 20.4. The van der Waals surface area contributed by atoms with E-state index < -0.39 is 5.92 Å². The number of nitrogens with zero attached hydrogens (tertiary/aromatic N) is 1. The van der Waals surface area contributed by atoms with E-state index in [0.29, 0.717) is 31.5 Å². The number of hydrogen-bond acceptors (Lipinski definition) is 4. The largest absolute Gasteiger partial charge is 0.493 e. The molecule has 2 fully saturated rings. The molecule has 2 aliphatic rings. The van der Waals surface area contributed by atoms with Gasteiger partial charge in [-0.3, -0.25) is 9.59 Å². The second-order valence-electron chi connectivity index (χ2n) is 9.69. The Kier molecular flexibility index (Phi) is 8.62. The first-order chi connectivity index (χ1) is 16.6. The fourth-order valence-electron chi connectivity index (χ4n) is 5.39. The van der Waals surface area contributed by atoms with Gasteiger partial charge in [-0.2, -0.15) is 0 Å². The average Bonchev–Trinajstić information content (AvgIpc) is 3.30. The van der Waals surface area contributed by atoms with Crippen molar-refractivity contribution < 1.29 is 19.1 Å². The van der Waals surface area contributed by atoms with Gasteiger partial charge in [-0.15, -0.1) is 0 Å². The molecule has 1 amide bonds. The van der Waals surface area contributed by atoms with Gasteiger partial charge < -0.3 is 14.4 Å². The van der Waals surface area contributed by atoms with Gasteiger partial charge in [-0.1, -0.05) is 55.3 Å². The Hall–Kier alpha value is -2.82. The Bertz CT molecular complexity index is 913. The van der Waals surface area contributed by atoms with E-state index >= 15 is 0 Å². The number of carbonyl (C=O) groups excluding carboxylic acids is 2. The highest BCUT2D eigenvalue weighted by Gasteiger charge is 2.37. The van der Waals surface area contributed by atoms with Crippen molar-refractivity contribution in [2.75, 3.05) is 26.3 Å². The van der Waals surface area contributed by atoms with Crippen LogP contribution in [0, 0.1) is 17.8 Å². The molecule has 0 N–H and O–H groups in total. The van der Waals surface area contributed by atoms with Gasteiger partial charge in [0.15, 0.2) is 0 Å². The molecule has 1 aliphatic carbocycles. The molecule has 1 saturated carbocycles. The molecule has 0 aromatic heterocycles. The van der Waals surface area contributed by atoms with Crippen LogP contribution in [0.1, 0.15) is 50.2 Å². The molecule has 5 heteroatoms. The first-order valence-corrected chi connectivity index (χ1v) is 12.8. The van der Waals surface area contributed by atoms with E-state index in [0.717, 1.165) is 30.8 Å². The van der Waals surface area contributed by atoms with Crippen LogP contribution in [0.25, 0.3) is 0 Å². The fraction of sp³-hybridized carbons (Fsp3) is 0.517. The number of ether oxygens (including phenoxy) is 2. The minimum absolute atomic E-state index is 0.0910. The van der Waals surface area contributed by atoms with Gasteiger partial charge in [-0.05, 0) is 61.3 Å². The number of amides is 1. The van der Waals surface area contributed by atoms with Gasteiger partial charge in [-0.25, -0.2) is 0 Å². The lowest BCUT2D eigenvalue weighted by Crippen LogP contribution is -2.33. The highest BCUT2D eigenvalue weighted by atomic mass is 16.5. The van der Waals surface area contributed by atoms with Crippen LogP contribution < -0.4 is 4.74 Å². The molecule has 0 radical (unpaired) electrons. The van der Waals surface area contributed by atoms with Gasteiger partial charge in [0.05, 0.1) is 19.1 Å². The molecule has 1 saturated heterocycles. The molecule has 0 spiro atoms. The predicted molar refractivity (Wildman–Crippen MR) is 133 cm³/mol. The molecule has 1 unspecified atom stereocenters. The number of likely N-dealkylation sites (tertiary alicyclic amines) is 1. The molecule has 5 nitrogen and oxygen atoms in total. The van der Waals surface area contributed by atoms with E-state index in [9.17, 15) is 9.59 Å². The third-order valence-electron chi connectivity index (χ3n) is 7.28. The number of fused-ring (bicyclic) bond motifs is 1. The topological polar surface area (TPSA) is 55.8 Å². The third kappa shape index (κ3) is 6.62. The summed E-state index contributed by atoms with van der Waals surface area (Å²) >= 11 is 0. The molecule has 1 heterocycles. The Labute approximate surface area is 203 Å². The molecule has 1 aliphatic heterocycles. The van der Waals surface area contributed by atoms with Crippen molar-refractivity contribution in [3.63, 3.8) is 0 Å². The predicted octanol–water partition coefficient (Wildman–Crippen LogP) is 5.07. The van der Waals surface area contributed by atoms with Crippen molar-refractivity contribution in [2.45, 2.75) is 51.9 Å². The summed E-state index contributed by atoms with van der Waals surface area (Å²) in [5.41, 5.74) is 2.26. The van der Waals surface area contributed by atoms with E-state index in [2.05, 4.69) is 12.1 Å². The molecule has 2 aromatic rings. The lowest BCUT2D eigenvalue weighted by molar-refractivity contribution is -0.151. The first kappa shape index (κ1) is 24.3. The first-order valence-electron chi connectivity index (χ1n) is 12.8. The summed E-state index contributed by atoms with van der Waals surface area (Å²) in [6.07, 6.45) is 6.59. The van der Waals surface area contributed by atoms with E-state index in [-0.39, 0.29) is 18.3 Å². The summed E-state index contributed by atoms with van der Waals surface area (Å²) in [7, 11) is 0. The minimum Gasteiger partial charge on any atom is -0.493 e. The van der Waals surface area contributed by atoms with Gasteiger partial charge in [0.2, 0.25) is 5.91 Å². The highest BCUT2D eigenvalue weighted by Crippen LogP contribution is 2.36. The molecule has 182 valence electrons. The van der Waals surface area contributed by atoms with E-state index in [1.165, 1.54) is 31.2 Å². The Morgan fingerprint density at radius 2 is 1.62 bits per heavy atom.